The number of benzene rings is 2. The Bertz CT molecular complexity index is 606. The summed E-state index contributed by atoms with van der Waals surface area (Å²) in [5, 5.41) is 0. The highest BCUT2D eigenvalue weighted by Crippen LogP contribution is 2.30. The molecule has 0 spiro atoms. The molecule has 3 rings (SSSR count). The van der Waals surface area contributed by atoms with Crippen molar-refractivity contribution < 1.29 is 4.74 Å². The molecule has 1 aliphatic rings. The van der Waals surface area contributed by atoms with Crippen molar-refractivity contribution in [3.8, 4) is 0 Å². The molecular weight excluding hydrogens is 385 g/mol. The van der Waals surface area contributed by atoms with Crippen molar-refractivity contribution in [3.05, 3.63) is 77.9 Å². The van der Waals surface area contributed by atoms with Gasteiger partial charge in [-0.25, -0.2) is 0 Å². The molecule has 0 N–H and O–H groups in total. The Labute approximate surface area is 145 Å². The summed E-state index contributed by atoms with van der Waals surface area (Å²) in [5.41, 5.74) is 2.62. The van der Waals surface area contributed by atoms with Crippen LogP contribution in [0.3, 0.4) is 0 Å². The minimum atomic E-state index is 0.303. The van der Waals surface area contributed by atoms with Crippen LogP contribution >= 0.6 is 22.6 Å². The molecule has 1 fully saturated rings. The first kappa shape index (κ1) is 15.7. The summed E-state index contributed by atoms with van der Waals surface area (Å²) in [6.07, 6.45) is 2.37. The van der Waals surface area contributed by atoms with Gasteiger partial charge in [0.25, 0.3) is 0 Å². The van der Waals surface area contributed by atoms with Crippen LogP contribution in [-0.4, -0.2) is 31.2 Å². The molecule has 1 saturated heterocycles. The molecule has 0 radical (unpaired) electrons. The number of halogens is 1. The molecule has 0 aromatic heterocycles. The Morgan fingerprint density at radius 2 is 1.55 bits per heavy atom. The predicted molar refractivity (Wildman–Crippen MR) is 100 cm³/mol. The van der Waals surface area contributed by atoms with E-state index in [2.05, 4.69) is 94.2 Å². The van der Waals surface area contributed by atoms with Gasteiger partial charge in [-0.15, -0.1) is 0 Å². The highest BCUT2D eigenvalue weighted by Gasteiger charge is 2.21. The Balaban J connectivity index is 1.91. The quantitative estimate of drug-likeness (QED) is 0.693. The first-order chi connectivity index (χ1) is 10.8. The zero-order valence-electron chi connectivity index (χ0n) is 12.5. The summed E-state index contributed by atoms with van der Waals surface area (Å²) in [7, 11) is 0. The van der Waals surface area contributed by atoms with Crippen molar-refractivity contribution >= 4 is 26.2 Å². The van der Waals surface area contributed by atoms with E-state index in [0.29, 0.717) is 6.04 Å². The molecule has 0 bridgehead atoms. The summed E-state index contributed by atoms with van der Waals surface area (Å²) in [5.74, 6) is 0. The lowest BCUT2D eigenvalue weighted by atomic mass is 10.0. The van der Waals surface area contributed by atoms with Crippen molar-refractivity contribution in [1.82, 2.24) is 4.90 Å². The first-order valence-electron chi connectivity index (χ1n) is 7.64. The van der Waals surface area contributed by atoms with Gasteiger partial charge in [0.2, 0.25) is 0 Å². The van der Waals surface area contributed by atoms with Crippen LogP contribution in [-0.2, 0) is 4.74 Å². The molecule has 0 saturated carbocycles. The molecule has 2 aromatic carbocycles. The topological polar surface area (TPSA) is 12.5 Å². The Kier molecular flexibility index (Phi) is 5.64. The molecule has 2 nitrogen and oxygen atoms in total. The van der Waals surface area contributed by atoms with Crippen molar-refractivity contribution in [3.63, 3.8) is 0 Å². The Hall–Kier alpha value is -1.17. The van der Waals surface area contributed by atoms with Crippen LogP contribution in [0.15, 0.2) is 66.7 Å². The van der Waals surface area contributed by atoms with Gasteiger partial charge in [0.15, 0.2) is 0 Å². The first-order valence-corrected chi connectivity index (χ1v) is 8.72. The Morgan fingerprint density at radius 1 is 0.955 bits per heavy atom. The fraction of sp³-hybridized carbons (Fsp3) is 0.263. The fourth-order valence-electron chi connectivity index (χ4n) is 2.75. The van der Waals surface area contributed by atoms with Gasteiger partial charge in [-0.3, -0.25) is 4.90 Å². The maximum atomic E-state index is 5.51. The summed E-state index contributed by atoms with van der Waals surface area (Å²) >= 11 is 2.45. The van der Waals surface area contributed by atoms with Crippen LogP contribution in [0, 0.1) is 0 Å². The monoisotopic (exact) mass is 405 g/mol. The summed E-state index contributed by atoms with van der Waals surface area (Å²) < 4.78 is 6.80. The van der Waals surface area contributed by atoms with Crippen LogP contribution in [0.1, 0.15) is 17.2 Å². The van der Waals surface area contributed by atoms with Crippen molar-refractivity contribution in [2.45, 2.75) is 6.04 Å². The third-order valence-corrected chi connectivity index (χ3v) is 4.92. The highest BCUT2D eigenvalue weighted by molar-refractivity contribution is 14.1. The third kappa shape index (κ3) is 3.97. The molecule has 0 unspecified atom stereocenters. The average molecular weight is 405 g/mol. The van der Waals surface area contributed by atoms with E-state index in [1.165, 1.54) is 14.7 Å². The third-order valence-electron chi connectivity index (χ3n) is 3.93. The van der Waals surface area contributed by atoms with Crippen LogP contribution in [0.4, 0.5) is 0 Å². The van der Waals surface area contributed by atoms with Gasteiger partial charge in [-0.2, -0.15) is 0 Å². The number of nitrogens with zero attached hydrogens (tertiary/aromatic N) is 1. The molecule has 2 aromatic rings. The van der Waals surface area contributed by atoms with E-state index >= 15 is 0 Å². The van der Waals surface area contributed by atoms with Gasteiger partial charge in [-0.05, 0) is 39.8 Å². The maximum Gasteiger partial charge on any atom is 0.0594 e. The van der Waals surface area contributed by atoms with Crippen LogP contribution in [0.2, 0.25) is 0 Å². The lowest BCUT2D eigenvalue weighted by Gasteiger charge is -2.33. The lowest BCUT2D eigenvalue weighted by molar-refractivity contribution is 0.0254. The van der Waals surface area contributed by atoms with E-state index in [-0.39, 0.29) is 0 Å². The molecule has 0 amide bonds. The number of rotatable bonds is 4. The normalized spacial score (nSPS) is 18.1. The number of ether oxygens (including phenoxy) is 1. The molecule has 0 aliphatic carbocycles. The van der Waals surface area contributed by atoms with Crippen LogP contribution in [0.5, 0.6) is 0 Å². The van der Waals surface area contributed by atoms with E-state index < -0.39 is 0 Å². The fourth-order valence-corrected chi connectivity index (χ4v) is 3.45. The second kappa shape index (κ2) is 7.90. The smallest absolute Gasteiger partial charge is 0.0594 e. The minimum absolute atomic E-state index is 0.303. The molecule has 114 valence electrons. The van der Waals surface area contributed by atoms with E-state index in [9.17, 15) is 0 Å². The predicted octanol–water partition coefficient (Wildman–Crippen LogP) is 4.54. The molecule has 1 heterocycles. The molecular formula is C19H20INO. The summed E-state index contributed by atoms with van der Waals surface area (Å²) in [6.45, 7) is 3.60. The maximum absolute atomic E-state index is 5.51. The van der Waals surface area contributed by atoms with Gasteiger partial charge >= 0.3 is 0 Å². The average Bonchev–Trinajstić information content (AvgIpc) is 2.62. The molecule has 1 atom stereocenters. The van der Waals surface area contributed by atoms with Crippen LogP contribution < -0.4 is 0 Å². The Morgan fingerprint density at radius 3 is 2.18 bits per heavy atom. The van der Waals surface area contributed by atoms with Gasteiger partial charge in [0.05, 0.1) is 19.3 Å². The molecule has 1 aliphatic heterocycles. The van der Waals surface area contributed by atoms with E-state index in [4.69, 9.17) is 4.74 Å². The SMILES string of the molecule is I/C(=C/[C@@H](c1ccccc1)N1CCOCC1)c1ccccc1. The van der Waals surface area contributed by atoms with Crippen molar-refractivity contribution in [1.29, 1.82) is 0 Å². The molecule has 22 heavy (non-hydrogen) atoms. The lowest BCUT2D eigenvalue weighted by Crippen LogP contribution is -2.38. The van der Waals surface area contributed by atoms with Gasteiger partial charge in [0.1, 0.15) is 0 Å². The van der Waals surface area contributed by atoms with Gasteiger partial charge in [0, 0.05) is 16.7 Å². The standard InChI is InChI=1S/C19H20INO/c20-18(16-7-3-1-4-8-16)15-19(17-9-5-2-6-10-17)21-11-13-22-14-12-21/h1-10,15,19H,11-14H2/b18-15+/t19-/m0/s1. The van der Waals surface area contributed by atoms with Crippen molar-refractivity contribution in [2.24, 2.45) is 0 Å². The zero-order valence-corrected chi connectivity index (χ0v) is 14.6. The highest BCUT2D eigenvalue weighted by atomic mass is 127. The van der Waals surface area contributed by atoms with Gasteiger partial charge in [-0.1, -0.05) is 60.7 Å². The van der Waals surface area contributed by atoms with Crippen molar-refractivity contribution in [2.75, 3.05) is 26.3 Å². The largest absolute Gasteiger partial charge is 0.379 e. The van der Waals surface area contributed by atoms with Crippen LogP contribution in [0.25, 0.3) is 3.58 Å². The molecule has 3 heteroatoms. The second-order valence-corrected chi connectivity index (χ2v) is 6.55. The second-order valence-electron chi connectivity index (χ2n) is 5.38. The van der Waals surface area contributed by atoms with E-state index in [1.54, 1.807) is 0 Å². The summed E-state index contributed by atoms with van der Waals surface area (Å²) in [4.78, 5) is 2.50. The van der Waals surface area contributed by atoms with Gasteiger partial charge < -0.3 is 4.74 Å². The van der Waals surface area contributed by atoms with E-state index in [1.807, 2.05) is 0 Å². The zero-order chi connectivity index (χ0) is 15.2. The number of morpholine rings is 1. The minimum Gasteiger partial charge on any atom is -0.379 e. The number of hydrogen-bond donors (Lipinski definition) is 0. The summed E-state index contributed by atoms with van der Waals surface area (Å²) in [6, 6.07) is 21.6. The van der Waals surface area contributed by atoms with E-state index in [0.717, 1.165) is 26.3 Å². The number of hydrogen-bond acceptors (Lipinski definition) is 2.